The van der Waals surface area contributed by atoms with Crippen LogP contribution in [0.4, 0.5) is 0 Å². The first-order valence-corrected chi connectivity index (χ1v) is 5.84. The van der Waals surface area contributed by atoms with Gasteiger partial charge in [-0.2, -0.15) is 5.10 Å². The van der Waals surface area contributed by atoms with Gasteiger partial charge in [0.25, 0.3) is 0 Å². The molecule has 1 heterocycles. The Bertz CT molecular complexity index is 329. The van der Waals surface area contributed by atoms with E-state index in [1.807, 2.05) is 27.0 Å². The van der Waals surface area contributed by atoms with E-state index in [0.29, 0.717) is 6.54 Å². The van der Waals surface area contributed by atoms with E-state index >= 15 is 0 Å². The molecule has 15 heavy (non-hydrogen) atoms. The summed E-state index contributed by atoms with van der Waals surface area (Å²) in [6.07, 6.45) is 2.77. The summed E-state index contributed by atoms with van der Waals surface area (Å²) >= 11 is 3.37. The first kappa shape index (κ1) is 12.2. The Hall–Kier alpha value is -0.840. The second kappa shape index (κ2) is 5.30. The van der Waals surface area contributed by atoms with E-state index in [2.05, 4.69) is 26.3 Å². The van der Waals surface area contributed by atoms with Crippen LogP contribution in [-0.4, -0.2) is 22.2 Å². The van der Waals surface area contributed by atoms with Gasteiger partial charge in [0, 0.05) is 12.7 Å². The molecule has 0 spiro atoms. The Balaban J connectivity index is 2.67. The zero-order chi connectivity index (χ0) is 11.4. The predicted octanol–water partition coefficient (Wildman–Crippen LogP) is 2.04. The minimum atomic E-state index is -0.262. The first-order chi connectivity index (χ1) is 7.06. The van der Waals surface area contributed by atoms with Gasteiger partial charge in [0.15, 0.2) is 0 Å². The van der Waals surface area contributed by atoms with Crippen LogP contribution in [0.1, 0.15) is 32.0 Å². The van der Waals surface area contributed by atoms with Crippen molar-refractivity contribution >= 4 is 21.8 Å². The smallest absolute Gasteiger partial charge is 0.244 e. The number of nitrogens with zero attached hydrogens (tertiary/aromatic N) is 2. The summed E-state index contributed by atoms with van der Waals surface area (Å²) in [6.45, 7) is 6.48. The Morgan fingerprint density at radius 3 is 2.87 bits per heavy atom. The summed E-state index contributed by atoms with van der Waals surface area (Å²) in [5, 5.41) is 7.09. The predicted molar refractivity (Wildman–Crippen MR) is 62.7 cm³/mol. The average Bonchev–Trinajstić information content (AvgIpc) is 2.54. The lowest BCUT2D eigenvalue weighted by atomic mass is 10.3. The quantitative estimate of drug-likeness (QED) is 0.913. The topological polar surface area (TPSA) is 46.9 Å². The molecule has 84 valence electrons. The van der Waals surface area contributed by atoms with E-state index in [0.717, 1.165) is 16.6 Å². The number of rotatable bonds is 4. The lowest BCUT2D eigenvalue weighted by Crippen LogP contribution is -2.31. The number of halogens is 1. The van der Waals surface area contributed by atoms with Crippen molar-refractivity contribution in [3.63, 3.8) is 0 Å². The summed E-state index contributed by atoms with van der Waals surface area (Å²) in [5.74, 6) is 0.00634. The van der Waals surface area contributed by atoms with Gasteiger partial charge < -0.3 is 5.32 Å². The van der Waals surface area contributed by atoms with Crippen molar-refractivity contribution in [1.29, 1.82) is 0 Å². The van der Waals surface area contributed by atoms with Crippen molar-refractivity contribution < 1.29 is 4.79 Å². The Kier molecular flexibility index (Phi) is 4.32. The highest BCUT2D eigenvalue weighted by molar-refractivity contribution is 9.10. The Morgan fingerprint density at radius 1 is 1.73 bits per heavy atom. The van der Waals surface area contributed by atoms with Gasteiger partial charge in [-0.15, -0.1) is 0 Å². The molecule has 0 saturated heterocycles. The van der Waals surface area contributed by atoms with Crippen LogP contribution in [0, 0.1) is 6.92 Å². The lowest BCUT2D eigenvalue weighted by Gasteiger charge is -2.11. The van der Waals surface area contributed by atoms with Crippen molar-refractivity contribution in [2.24, 2.45) is 0 Å². The fourth-order valence-electron chi connectivity index (χ4n) is 1.17. The van der Waals surface area contributed by atoms with Gasteiger partial charge in [0.1, 0.15) is 6.04 Å². The second-order valence-electron chi connectivity index (χ2n) is 3.51. The van der Waals surface area contributed by atoms with E-state index < -0.39 is 0 Å². The molecule has 1 amide bonds. The van der Waals surface area contributed by atoms with Crippen molar-refractivity contribution in [2.75, 3.05) is 6.54 Å². The maximum atomic E-state index is 11.6. The van der Waals surface area contributed by atoms with Crippen molar-refractivity contribution in [3.8, 4) is 0 Å². The molecule has 0 fully saturated rings. The van der Waals surface area contributed by atoms with Gasteiger partial charge in [0.2, 0.25) is 5.91 Å². The molecule has 1 aromatic heterocycles. The molecule has 1 aromatic rings. The van der Waals surface area contributed by atoms with Crippen LogP contribution in [0.3, 0.4) is 0 Å². The number of hydrogen-bond donors (Lipinski definition) is 1. The molecular weight excluding hydrogens is 258 g/mol. The molecule has 5 heteroatoms. The number of carbonyl (C=O) groups excluding carboxylic acids is 1. The highest BCUT2D eigenvalue weighted by atomic mass is 79.9. The maximum Gasteiger partial charge on any atom is 0.244 e. The van der Waals surface area contributed by atoms with Gasteiger partial charge in [-0.25, -0.2) is 0 Å². The summed E-state index contributed by atoms with van der Waals surface area (Å²) in [5.41, 5.74) is 0.894. The summed E-state index contributed by atoms with van der Waals surface area (Å²) in [7, 11) is 0. The van der Waals surface area contributed by atoms with Crippen molar-refractivity contribution in [3.05, 3.63) is 16.4 Å². The molecule has 1 unspecified atom stereocenters. The minimum Gasteiger partial charge on any atom is -0.354 e. The fraction of sp³-hybridized carbons (Fsp3) is 0.600. The number of aromatic nitrogens is 2. The van der Waals surface area contributed by atoms with Crippen LogP contribution < -0.4 is 5.32 Å². The molecule has 4 nitrogen and oxygen atoms in total. The highest BCUT2D eigenvalue weighted by Gasteiger charge is 2.15. The Morgan fingerprint density at radius 2 is 2.40 bits per heavy atom. The van der Waals surface area contributed by atoms with Crippen LogP contribution in [0.25, 0.3) is 0 Å². The van der Waals surface area contributed by atoms with Crippen LogP contribution in [-0.2, 0) is 4.79 Å². The largest absolute Gasteiger partial charge is 0.354 e. The zero-order valence-corrected chi connectivity index (χ0v) is 10.8. The molecule has 1 N–H and O–H groups in total. The summed E-state index contributed by atoms with van der Waals surface area (Å²) in [4.78, 5) is 11.6. The number of nitrogens with one attached hydrogen (secondary N) is 1. The number of carbonyl (C=O) groups is 1. The molecule has 1 atom stereocenters. The Labute approximate surface area is 98.2 Å². The van der Waals surface area contributed by atoms with Crippen molar-refractivity contribution in [1.82, 2.24) is 15.1 Å². The van der Waals surface area contributed by atoms with Crippen LogP contribution >= 0.6 is 15.9 Å². The van der Waals surface area contributed by atoms with Gasteiger partial charge in [-0.1, -0.05) is 6.92 Å². The van der Waals surface area contributed by atoms with Crippen LogP contribution in [0.2, 0.25) is 0 Å². The van der Waals surface area contributed by atoms with E-state index in [4.69, 9.17) is 0 Å². The second-order valence-corrected chi connectivity index (χ2v) is 4.36. The highest BCUT2D eigenvalue weighted by Crippen LogP contribution is 2.16. The third-order valence-corrected chi connectivity index (χ3v) is 2.96. The standard InChI is InChI=1S/C10H16BrN3O/c1-4-5-12-10(15)8(3)14-6-9(11)7(2)13-14/h6,8H,4-5H2,1-3H3,(H,12,15). The average molecular weight is 274 g/mol. The summed E-state index contributed by atoms with van der Waals surface area (Å²) in [6, 6.07) is -0.262. The molecule has 1 rings (SSSR count). The molecule has 0 bridgehead atoms. The fourth-order valence-corrected chi connectivity index (χ4v) is 1.46. The first-order valence-electron chi connectivity index (χ1n) is 5.05. The lowest BCUT2D eigenvalue weighted by molar-refractivity contribution is -0.124. The van der Waals surface area contributed by atoms with E-state index in [9.17, 15) is 4.79 Å². The van der Waals surface area contributed by atoms with E-state index in [1.54, 1.807) is 4.68 Å². The third kappa shape index (κ3) is 3.06. The molecule has 0 aliphatic carbocycles. The minimum absolute atomic E-state index is 0.00634. The van der Waals surface area contributed by atoms with Gasteiger partial charge in [-0.05, 0) is 36.2 Å². The number of amides is 1. The number of hydrogen-bond acceptors (Lipinski definition) is 2. The monoisotopic (exact) mass is 273 g/mol. The third-order valence-electron chi connectivity index (χ3n) is 2.18. The molecule has 0 saturated carbocycles. The van der Waals surface area contributed by atoms with Gasteiger partial charge in [-0.3, -0.25) is 9.48 Å². The van der Waals surface area contributed by atoms with E-state index in [-0.39, 0.29) is 11.9 Å². The van der Waals surface area contributed by atoms with Gasteiger partial charge in [0.05, 0.1) is 10.2 Å². The normalized spacial score (nSPS) is 12.5. The van der Waals surface area contributed by atoms with Crippen LogP contribution in [0.15, 0.2) is 10.7 Å². The SMILES string of the molecule is CCCNC(=O)C(C)n1cc(Br)c(C)n1. The van der Waals surface area contributed by atoms with Crippen molar-refractivity contribution in [2.45, 2.75) is 33.2 Å². The maximum absolute atomic E-state index is 11.6. The zero-order valence-electron chi connectivity index (χ0n) is 9.25. The van der Waals surface area contributed by atoms with Crippen LogP contribution in [0.5, 0.6) is 0 Å². The molecule has 0 radical (unpaired) electrons. The molecule has 0 aliphatic rings. The van der Waals surface area contributed by atoms with E-state index in [1.165, 1.54) is 0 Å². The summed E-state index contributed by atoms with van der Waals surface area (Å²) < 4.78 is 2.60. The molecule has 0 aromatic carbocycles. The van der Waals surface area contributed by atoms with Gasteiger partial charge >= 0.3 is 0 Å². The molecule has 0 aliphatic heterocycles. The number of aryl methyl sites for hydroxylation is 1. The molecular formula is C10H16BrN3O.